The van der Waals surface area contributed by atoms with Crippen LogP contribution in [0.2, 0.25) is 0 Å². The van der Waals surface area contributed by atoms with Crippen molar-refractivity contribution in [3.05, 3.63) is 0 Å². The Morgan fingerprint density at radius 3 is 2.94 bits per heavy atom. The van der Waals surface area contributed by atoms with E-state index in [9.17, 15) is 4.79 Å². The van der Waals surface area contributed by atoms with Gasteiger partial charge >= 0.3 is 5.97 Å². The van der Waals surface area contributed by atoms with Crippen molar-refractivity contribution in [2.75, 3.05) is 19.7 Å². The van der Waals surface area contributed by atoms with Gasteiger partial charge in [0, 0.05) is 18.6 Å². The fourth-order valence-electron chi connectivity index (χ4n) is 2.03. The molecule has 2 N–H and O–H groups in total. The minimum atomic E-state index is -0.101. The summed E-state index contributed by atoms with van der Waals surface area (Å²) in [6.45, 7) is 6.08. The van der Waals surface area contributed by atoms with Crippen LogP contribution in [0.15, 0.2) is 0 Å². The minimum absolute atomic E-state index is 0.101. The van der Waals surface area contributed by atoms with Crippen LogP contribution in [-0.4, -0.2) is 42.6 Å². The van der Waals surface area contributed by atoms with E-state index >= 15 is 0 Å². The van der Waals surface area contributed by atoms with Gasteiger partial charge in [-0.25, -0.2) is 0 Å². The lowest BCUT2D eigenvalue weighted by molar-refractivity contribution is -0.146. The van der Waals surface area contributed by atoms with Crippen LogP contribution in [0.25, 0.3) is 0 Å². The van der Waals surface area contributed by atoms with E-state index < -0.39 is 0 Å². The van der Waals surface area contributed by atoms with Gasteiger partial charge in [-0.15, -0.1) is 0 Å². The summed E-state index contributed by atoms with van der Waals surface area (Å²) in [5.41, 5.74) is 5.87. The summed E-state index contributed by atoms with van der Waals surface area (Å²) in [4.78, 5) is 13.7. The van der Waals surface area contributed by atoms with Crippen LogP contribution in [0.1, 0.15) is 39.5 Å². The molecule has 94 valence electrons. The topological polar surface area (TPSA) is 55.6 Å². The number of rotatable bonds is 5. The van der Waals surface area contributed by atoms with Crippen LogP contribution in [-0.2, 0) is 9.53 Å². The number of piperidine rings is 1. The Morgan fingerprint density at radius 1 is 1.56 bits per heavy atom. The van der Waals surface area contributed by atoms with E-state index in [0.717, 1.165) is 32.2 Å². The summed E-state index contributed by atoms with van der Waals surface area (Å²) in [6, 6.07) is 0.685. The smallest absolute Gasteiger partial charge is 0.320 e. The van der Waals surface area contributed by atoms with Gasteiger partial charge in [-0.1, -0.05) is 13.3 Å². The predicted octanol–water partition coefficient (Wildman–Crippen LogP) is 1.14. The van der Waals surface area contributed by atoms with E-state index in [1.54, 1.807) is 0 Å². The molecule has 1 fully saturated rings. The maximum atomic E-state index is 11.5. The third-order valence-corrected chi connectivity index (χ3v) is 3.15. The SMILES string of the molecule is CCCCOC(=O)CN1CCC(N)CC1C. The standard InChI is InChI=1S/C12H24N2O2/c1-3-4-7-16-12(15)9-14-6-5-11(13)8-10(14)2/h10-11H,3-9,13H2,1-2H3. The number of esters is 1. The second-order valence-electron chi connectivity index (χ2n) is 4.68. The Morgan fingerprint density at radius 2 is 2.31 bits per heavy atom. The highest BCUT2D eigenvalue weighted by Gasteiger charge is 2.24. The fourth-order valence-corrected chi connectivity index (χ4v) is 2.03. The number of hydrogen-bond donors (Lipinski definition) is 1. The molecular formula is C12H24N2O2. The van der Waals surface area contributed by atoms with E-state index in [0.29, 0.717) is 25.2 Å². The van der Waals surface area contributed by atoms with Gasteiger partial charge in [0.1, 0.15) is 0 Å². The number of unbranched alkanes of at least 4 members (excludes halogenated alkanes) is 1. The zero-order chi connectivity index (χ0) is 12.0. The number of hydrogen-bond acceptors (Lipinski definition) is 4. The lowest BCUT2D eigenvalue weighted by Gasteiger charge is -2.35. The molecule has 1 aliphatic heterocycles. The van der Waals surface area contributed by atoms with E-state index in [1.807, 2.05) is 0 Å². The third-order valence-electron chi connectivity index (χ3n) is 3.15. The van der Waals surface area contributed by atoms with Gasteiger partial charge in [0.2, 0.25) is 0 Å². The Labute approximate surface area is 98.1 Å². The van der Waals surface area contributed by atoms with Crippen LogP contribution >= 0.6 is 0 Å². The molecule has 1 saturated heterocycles. The highest BCUT2D eigenvalue weighted by Crippen LogP contribution is 2.15. The van der Waals surface area contributed by atoms with E-state index in [4.69, 9.17) is 10.5 Å². The van der Waals surface area contributed by atoms with Crippen molar-refractivity contribution >= 4 is 5.97 Å². The molecule has 0 aromatic rings. The second kappa shape index (κ2) is 6.86. The number of nitrogens with two attached hydrogens (primary N) is 1. The molecule has 0 amide bonds. The average molecular weight is 228 g/mol. The van der Waals surface area contributed by atoms with Gasteiger partial charge in [-0.05, 0) is 26.2 Å². The van der Waals surface area contributed by atoms with Crippen molar-refractivity contribution in [2.45, 2.75) is 51.6 Å². The minimum Gasteiger partial charge on any atom is -0.465 e. The van der Waals surface area contributed by atoms with Gasteiger partial charge < -0.3 is 10.5 Å². The van der Waals surface area contributed by atoms with Crippen molar-refractivity contribution in [1.82, 2.24) is 4.90 Å². The maximum absolute atomic E-state index is 11.5. The summed E-state index contributed by atoms with van der Waals surface area (Å²) in [5, 5.41) is 0. The molecule has 1 heterocycles. The largest absolute Gasteiger partial charge is 0.465 e. The average Bonchev–Trinajstić information content (AvgIpc) is 2.23. The number of likely N-dealkylation sites (tertiary alicyclic amines) is 1. The summed E-state index contributed by atoms with van der Waals surface area (Å²) in [6.07, 6.45) is 3.96. The summed E-state index contributed by atoms with van der Waals surface area (Å²) in [5.74, 6) is -0.101. The summed E-state index contributed by atoms with van der Waals surface area (Å²) >= 11 is 0. The molecule has 0 spiro atoms. The molecule has 0 radical (unpaired) electrons. The molecular weight excluding hydrogens is 204 g/mol. The molecule has 1 aliphatic rings. The fraction of sp³-hybridized carbons (Fsp3) is 0.917. The van der Waals surface area contributed by atoms with E-state index in [1.165, 1.54) is 0 Å². The number of carbonyl (C=O) groups excluding carboxylic acids is 1. The molecule has 4 nitrogen and oxygen atoms in total. The predicted molar refractivity (Wildman–Crippen MR) is 64.1 cm³/mol. The van der Waals surface area contributed by atoms with Gasteiger partial charge in [-0.3, -0.25) is 9.69 Å². The number of nitrogens with zero attached hydrogens (tertiary/aromatic N) is 1. The summed E-state index contributed by atoms with van der Waals surface area (Å²) < 4.78 is 5.15. The van der Waals surface area contributed by atoms with Gasteiger partial charge in [0.15, 0.2) is 0 Å². The Bertz CT molecular complexity index is 221. The van der Waals surface area contributed by atoms with E-state index in [-0.39, 0.29) is 5.97 Å². The van der Waals surface area contributed by atoms with Crippen LogP contribution < -0.4 is 5.73 Å². The zero-order valence-corrected chi connectivity index (χ0v) is 10.4. The zero-order valence-electron chi connectivity index (χ0n) is 10.4. The molecule has 4 heteroatoms. The highest BCUT2D eigenvalue weighted by molar-refractivity contribution is 5.71. The first-order valence-corrected chi connectivity index (χ1v) is 6.28. The maximum Gasteiger partial charge on any atom is 0.320 e. The molecule has 2 atom stereocenters. The van der Waals surface area contributed by atoms with Crippen LogP contribution in [0.5, 0.6) is 0 Å². The molecule has 0 aliphatic carbocycles. The molecule has 16 heavy (non-hydrogen) atoms. The van der Waals surface area contributed by atoms with Gasteiger partial charge in [-0.2, -0.15) is 0 Å². The number of ether oxygens (including phenoxy) is 1. The Hall–Kier alpha value is -0.610. The quantitative estimate of drug-likeness (QED) is 0.566. The van der Waals surface area contributed by atoms with Crippen molar-refractivity contribution in [3.63, 3.8) is 0 Å². The first kappa shape index (κ1) is 13.5. The molecule has 0 aromatic carbocycles. The molecule has 2 unspecified atom stereocenters. The van der Waals surface area contributed by atoms with Crippen LogP contribution in [0.3, 0.4) is 0 Å². The highest BCUT2D eigenvalue weighted by atomic mass is 16.5. The van der Waals surface area contributed by atoms with Crippen molar-refractivity contribution in [3.8, 4) is 0 Å². The van der Waals surface area contributed by atoms with Crippen molar-refractivity contribution in [1.29, 1.82) is 0 Å². The first-order valence-electron chi connectivity index (χ1n) is 6.28. The normalized spacial score (nSPS) is 26.7. The monoisotopic (exact) mass is 228 g/mol. The molecule has 0 bridgehead atoms. The lowest BCUT2D eigenvalue weighted by atomic mass is 9.99. The Kier molecular flexibility index (Phi) is 5.77. The molecule has 0 saturated carbocycles. The van der Waals surface area contributed by atoms with Crippen LogP contribution in [0.4, 0.5) is 0 Å². The molecule has 0 aromatic heterocycles. The van der Waals surface area contributed by atoms with Crippen LogP contribution in [0, 0.1) is 0 Å². The third kappa shape index (κ3) is 4.49. The van der Waals surface area contributed by atoms with Gasteiger partial charge in [0.05, 0.1) is 13.2 Å². The van der Waals surface area contributed by atoms with Crippen molar-refractivity contribution < 1.29 is 9.53 Å². The molecule has 1 rings (SSSR count). The lowest BCUT2D eigenvalue weighted by Crippen LogP contribution is -2.47. The Balaban J connectivity index is 2.22. The van der Waals surface area contributed by atoms with Gasteiger partial charge in [0.25, 0.3) is 0 Å². The van der Waals surface area contributed by atoms with E-state index in [2.05, 4.69) is 18.7 Å². The van der Waals surface area contributed by atoms with Crippen molar-refractivity contribution in [2.24, 2.45) is 5.73 Å². The summed E-state index contributed by atoms with van der Waals surface area (Å²) in [7, 11) is 0. The first-order chi connectivity index (χ1) is 7.63. The number of carbonyl (C=O) groups is 1. The second-order valence-corrected chi connectivity index (χ2v) is 4.68.